The predicted octanol–water partition coefficient (Wildman–Crippen LogP) is 1.29. The Labute approximate surface area is 96.0 Å². The molecule has 0 saturated carbocycles. The summed E-state index contributed by atoms with van der Waals surface area (Å²) in [4.78, 5) is 11.0. The van der Waals surface area contributed by atoms with Crippen molar-refractivity contribution in [1.29, 1.82) is 0 Å². The first-order valence-corrected chi connectivity index (χ1v) is 5.25. The number of terminal acetylenes is 1. The van der Waals surface area contributed by atoms with E-state index < -0.39 is 5.91 Å². The van der Waals surface area contributed by atoms with Gasteiger partial charge >= 0.3 is 0 Å². The molecule has 0 aliphatic rings. The van der Waals surface area contributed by atoms with E-state index in [1.807, 2.05) is 19.1 Å². The minimum absolute atomic E-state index is 0.0669. The molecule has 1 unspecified atom stereocenters. The number of nitrogens with two attached hydrogens (primary N) is 1. The lowest BCUT2D eigenvalue weighted by Crippen LogP contribution is -2.26. The molecule has 1 atom stereocenters. The minimum Gasteiger partial charge on any atom is -0.366 e. The Morgan fingerprint density at radius 1 is 1.62 bits per heavy atom. The molecule has 1 amide bonds. The molecule has 1 aromatic rings. The summed E-state index contributed by atoms with van der Waals surface area (Å²) >= 11 is 0. The van der Waals surface area contributed by atoms with Crippen LogP contribution >= 0.6 is 0 Å². The lowest BCUT2D eigenvalue weighted by Gasteiger charge is -2.10. The van der Waals surface area contributed by atoms with Gasteiger partial charge in [-0.15, -0.1) is 6.42 Å². The fourth-order valence-corrected chi connectivity index (χ4v) is 1.40. The SMILES string of the molecule is C#CC(CC)NCc1cccc(C(N)=O)c1. The molecule has 0 fully saturated rings. The molecule has 0 saturated heterocycles. The first-order chi connectivity index (χ1) is 7.67. The summed E-state index contributed by atoms with van der Waals surface area (Å²) in [6.45, 7) is 2.67. The highest BCUT2D eigenvalue weighted by Gasteiger charge is 2.03. The van der Waals surface area contributed by atoms with Gasteiger partial charge in [-0.25, -0.2) is 0 Å². The van der Waals surface area contributed by atoms with Crippen molar-refractivity contribution in [1.82, 2.24) is 5.32 Å². The van der Waals surface area contributed by atoms with Gasteiger partial charge in [0.05, 0.1) is 6.04 Å². The van der Waals surface area contributed by atoms with E-state index in [1.54, 1.807) is 12.1 Å². The average Bonchev–Trinajstić information content (AvgIpc) is 2.31. The molecule has 0 heterocycles. The second-order valence-corrected chi connectivity index (χ2v) is 3.57. The normalized spacial score (nSPS) is 11.8. The molecule has 0 bridgehead atoms. The molecule has 0 aliphatic carbocycles. The van der Waals surface area contributed by atoms with Crippen LogP contribution in [-0.4, -0.2) is 11.9 Å². The second kappa shape index (κ2) is 5.94. The van der Waals surface area contributed by atoms with Gasteiger partial charge in [0.1, 0.15) is 0 Å². The van der Waals surface area contributed by atoms with Crippen molar-refractivity contribution >= 4 is 5.91 Å². The third-order valence-corrected chi connectivity index (χ3v) is 2.37. The van der Waals surface area contributed by atoms with E-state index in [-0.39, 0.29) is 6.04 Å². The molecule has 3 N–H and O–H groups in total. The van der Waals surface area contributed by atoms with Gasteiger partial charge in [-0.3, -0.25) is 10.1 Å². The number of hydrogen-bond donors (Lipinski definition) is 2. The zero-order valence-electron chi connectivity index (χ0n) is 9.36. The number of carbonyl (C=O) groups is 1. The average molecular weight is 216 g/mol. The van der Waals surface area contributed by atoms with Gasteiger partial charge in [-0.1, -0.05) is 25.0 Å². The maximum Gasteiger partial charge on any atom is 0.248 e. The Hall–Kier alpha value is -1.79. The molecule has 1 rings (SSSR count). The molecular formula is C13H16N2O. The van der Waals surface area contributed by atoms with Crippen molar-refractivity contribution in [2.45, 2.75) is 25.9 Å². The quantitative estimate of drug-likeness (QED) is 0.729. The van der Waals surface area contributed by atoms with E-state index in [1.165, 1.54) is 0 Å². The molecule has 0 radical (unpaired) electrons. The van der Waals surface area contributed by atoms with Gasteiger partial charge in [0.25, 0.3) is 0 Å². The largest absolute Gasteiger partial charge is 0.366 e. The number of carbonyl (C=O) groups excluding carboxylic acids is 1. The van der Waals surface area contributed by atoms with Gasteiger partial charge in [0.15, 0.2) is 0 Å². The highest BCUT2D eigenvalue weighted by atomic mass is 16.1. The molecule has 84 valence electrons. The summed E-state index contributed by atoms with van der Waals surface area (Å²) < 4.78 is 0. The Balaban J connectivity index is 2.64. The van der Waals surface area contributed by atoms with Crippen molar-refractivity contribution in [3.63, 3.8) is 0 Å². The number of rotatable bonds is 5. The number of primary amides is 1. The van der Waals surface area contributed by atoms with Gasteiger partial charge < -0.3 is 5.73 Å². The third kappa shape index (κ3) is 3.41. The first-order valence-electron chi connectivity index (χ1n) is 5.25. The molecule has 1 aromatic carbocycles. The maximum atomic E-state index is 11.0. The lowest BCUT2D eigenvalue weighted by molar-refractivity contribution is 0.1000. The van der Waals surface area contributed by atoms with Gasteiger partial charge in [-0.05, 0) is 24.1 Å². The Morgan fingerprint density at radius 3 is 2.94 bits per heavy atom. The van der Waals surface area contributed by atoms with Crippen molar-refractivity contribution in [2.75, 3.05) is 0 Å². The molecule has 0 spiro atoms. The predicted molar refractivity (Wildman–Crippen MR) is 64.7 cm³/mol. The smallest absolute Gasteiger partial charge is 0.248 e. The third-order valence-electron chi connectivity index (χ3n) is 2.37. The zero-order valence-corrected chi connectivity index (χ0v) is 9.36. The summed E-state index contributed by atoms with van der Waals surface area (Å²) in [6, 6.07) is 7.29. The molecule has 3 heteroatoms. The van der Waals surface area contributed by atoms with Gasteiger partial charge in [0.2, 0.25) is 5.91 Å². The molecule has 16 heavy (non-hydrogen) atoms. The topological polar surface area (TPSA) is 55.1 Å². The van der Waals surface area contributed by atoms with Crippen LogP contribution in [-0.2, 0) is 6.54 Å². The van der Waals surface area contributed by atoms with Crippen molar-refractivity contribution < 1.29 is 4.79 Å². The van der Waals surface area contributed by atoms with Crippen LogP contribution in [0.15, 0.2) is 24.3 Å². The monoisotopic (exact) mass is 216 g/mol. The van der Waals surface area contributed by atoms with Crippen LogP contribution in [0, 0.1) is 12.3 Å². The van der Waals surface area contributed by atoms with Gasteiger partial charge in [0, 0.05) is 12.1 Å². The standard InChI is InChI=1S/C13H16N2O/c1-3-12(4-2)15-9-10-6-5-7-11(8-10)13(14)16/h1,5-8,12,15H,4,9H2,2H3,(H2,14,16). The number of amides is 1. The fourth-order valence-electron chi connectivity index (χ4n) is 1.40. The second-order valence-electron chi connectivity index (χ2n) is 3.57. The fraction of sp³-hybridized carbons (Fsp3) is 0.308. The molecular weight excluding hydrogens is 200 g/mol. The maximum absolute atomic E-state index is 11.0. The summed E-state index contributed by atoms with van der Waals surface area (Å²) in [5.41, 5.74) is 6.73. The van der Waals surface area contributed by atoms with Crippen LogP contribution < -0.4 is 11.1 Å². The first kappa shape index (κ1) is 12.3. The lowest BCUT2D eigenvalue weighted by atomic mass is 10.1. The molecule has 0 aliphatic heterocycles. The highest BCUT2D eigenvalue weighted by molar-refractivity contribution is 5.92. The number of nitrogens with one attached hydrogen (secondary N) is 1. The van der Waals surface area contributed by atoms with E-state index >= 15 is 0 Å². The number of hydrogen-bond acceptors (Lipinski definition) is 2. The Morgan fingerprint density at radius 2 is 2.38 bits per heavy atom. The van der Waals surface area contributed by atoms with Gasteiger partial charge in [-0.2, -0.15) is 0 Å². The van der Waals surface area contributed by atoms with Crippen LogP contribution in [0.3, 0.4) is 0 Å². The van der Waals surface area contributed by atoms with Crippen LogP contribution in [0.5, 0.6) is 0 Å². The Kier molecular flexibility index (Phi) is 4.56. The van der Waals surface area contributed by atoms with Crippen LogP contribution in [0.25, 0.3) is 0 Å². The van der Waals surface area contributed by atoms with Crippen molar-refractivity contribution in [2.24, 2.45) is 5.73 Å². The highest BCUT2D eigenvalue weighted by Crippen LogP contribution is 2.05. The summed E-state index contributed by atoms with van der Waals surface area (Å²) in [5.74, 6) is 2.25. The zero-order chi connectivity index (χ0) is 12.0. The van der Waals surface area contributed by atoms with E-state index in [0.717, 1.165) is 12.0 Å². The van der Waals surface area contributed by atoms with E-state index in [4.69, 9.17) is 12.2 Å². The van der Waals surface area contributed by atoms with Crippen LogP contribution in [0.4, 0.5) is 0 Å². The summed E-state index contributed by atoms with van der Waals surface area (Å²) in [6.07, 6.45) is 6.22. The van der Waals surface area contributed by atoms with Crippen LogP contribution in [0.1, 0.15) is 29.3 Å². The minimum atomic E-state index is -0.411. The van der Waals surface area contributed by atoms with Crippen LogP contribution in [0.2, 0.25) is 0 Å². The van der Waals surface area contributed by atoms with E-state index in [2.05, 4.69) is 11.2 Å². The Bertz CT molecular complexity index is 407. The summed E-state index contributed by atoms with van der Waals surface area (Å²) in [7, 11) is 0. The van der Waals surface area contributed by atoms with E-state index in [0.29, 0.717) is 12.1 Å². The number of benzene rings is 1. The molecule has 0 aromatic heterocycles. The van der Waals surface area contributed by atoms with E-state index in [9.17, 15) is 4.79 Å². The summed E-state index contributed by atoms with van der Waals surface area (Å²) in [5, 5.41) is 3.21. The van der Waals surface area contributed by atoms with Crippen molar-refractivity contribution in [3.8, 4) is 12.3 Å². The van der Waals surface area contributed by atoms with Crippen molar-refractivity contribution in [3.05, 3.63) is 35.4 Å². The molecule has 3 nitrogen and oxygen atoms in total.